The molecule has 1 N–H and O–H groups in total. The molecular formula is C16H12ClNO. The molecule has 1 aromatic heterocycles. The molecule has 0 radical (unpaired) electrons. The second-order valence-electron chi connectivity index (χ2n) is 4.51. The molecular weight excluding hydrogens is 258 g/mol. The van der Waals surface area contributed by atoms with E-state index in [2.05, 4.69) is 24.0 Å². The molecule has 94 valence electrons. The summed E-state index contributed by atoms with van der Waals surface area (Å²) < 4.78 is 0. The van der Waals surface area contributed by atoms with Gasteiger partial charge in [-0.15, -0.1) is 0 Å². The Morgan fingerprint density at radius 2 is 1.79 bits per heavy atom. The zero-order valence-electron chi connectivity index (χ0n) is 10.4. The van der Waals surface area contributed by atoms with Crippen LogP contribution in [0.4, 0.5) is 0 Å². The molecule has 0 aliphatic rings. The highest BCUT2D eigenvalue weighted by molar-refractivity contribution is 6.30. The SMILES string of the molecule is Cc1ccccc1-c1cc(Cl)nc2cc(O)ccc12. The van der Waals surface area contributed by atoms with Gasteiger partial charge in [-0.2, -0.15) is 0 Å². The molecule has 0 saturated heterocycles. The topological polar surface area (TPSA) is 33.1 Å². The van der Waals surface area contributed by atoms with E-state index in [1.165, 1.54) is 5.56 Å². The molecule has 3 rings (SSSR count). The summed E-state index contributed by atoms with van der Waals surface area (Å²) in [7, 11) is 0. The summed E-state index contributed by atoms with van der Waals surface area (Å²) in [6.45, 7) is 2.07. The highest BCUT2D eigenvalue weighted by Gasteiger charge is 2.09. The Morgan fingerprint density at radius 1 is 1.00 bits per heavy atom. The second-order valence-corrected chi connectivity index (χ2v) is 4.90. The number of benzene rings is 2. The molecule has 0 spiro atoms. The van der Waals surface area contributed by atoms with Gasteiger partial charge in [-0.1, -0.05) is 35.9 Å². The highest BCUT2D eigenvalue weighted by Crippen LogP contribution is 2.33. The van der Waals surface area contributed by atoms with Crippen molar-refractivity contribution in [1.82, 2.24) is 4.98 Å². The summed E-state index contributed by atoms with van der Waals surface area (Å²) in [6.07, 6.45) is 0. The molecule has 2 aromatic carbocycles. The highest BCUT2D eigenvalue weighted by atomic mass is 35.5. The van der Waals surface area contributed by atoms with Crippen molar-refractivity contribution in [3.8, 4) is 16.9 Å². The molecule has 0 fully saturated rings. The van der Waals surface area contributed by atoms with Crippen LogP contribution in [0.15, 0.2) is 48.5 Å². The lowest BCUT2D eigenvalue weighted by molar-refractivity contribution is 0.476. The number of aromatic hydroxyl groups is 1. The smallest absolute Gasteiger partial charge is 0.130 e. The minimum absolute atomic E-state index is 0.193. The number of hydrogen-bond donors (Lipinski definition) is 1. The normalized spacial score (nSPS) is 10.8. The van der Waals surface area contributed by atoms with Crippen LogP contribution in [0.3, 0.4) is 0 Å². The molecule has 19 heavy (non-hydrogen) atoms. The fraction of sp³-hybridized carbons (Fsp3) is 0.0625. The van der Waals surface area contributed by atoms with Crippen LogP contribution in [0, 0.1) is 6.92 Å². The van der Waals surface area contributed by atoms with Crippen LogP contribution in [-0.4, -0.2) is 10.1 Å². The molecule has 1 heterocycles. The number of phenols is 1. The summed E-state index contributed by atoms with van der Waals surface area (Å²) in [5.74, 6) is 0.193. The maximum atomic E-state index is 9.55. The number of phenolic OH excluding ortho intramolecular Hbond substituents is 1. The van der Waals surface area contributed by atoms with Gasteiger partial charge in [0.1, 0.15) is 10.9 Å². The second kappa shape index (κ2) is 4.56. The molecule has 0 atom stereocenters. The number of hydrogen-bond acceptors (Lipinski definition) is 2. The van der Waals surface area contributed by atoms with Crippen LogP contribution in [0.2, 0.25) is 5.15 Å². The van der Waals surface area contributed by atoms with E-state index in [0.717, 1.165) is 16.5 Å². The van der Waals surface area contributed by atoms with Crippen molar-refractivity contribution >= 4 is 22.5 Å². The maximum Gasteiger partial charge on any atom is 0.130 e. The zero-order valence-corrected chi connectivity index (χ0v) is 11.1. The standard InChI is InChI=1S/C16H12ClNO/c1-10-4-2-3-5-12(10)14-9-16(17)18-15-8-11(19)6-7-13(14)15/h2-9,19H,1H3. The Bertz CT molecular complexity index is 763. The van der Waals surface area contributed by atoms with Crippen molar-refractivity contribution in [2.45, 2.75) is 6.92 Å². The van der Waals surface area contributed by atoms with Crippen molar-refractivity contribution in [2.24, 2.45) is 0 Å². The molecule has 3 heteroatoms. The largest absolute Gasteiger partial charge is 0.508 e. The fourth-order valence-corrected chi connectivity index (χ4v) is 2.48. The Morgan fingerprint density at radius 3 is 2.58 bits per heavy atom. The fourth-order valence-electron chi connectivity index (χ4n) is 2.28. The van der Waals surface area contributed by atoms with Gasteiger partial charge < -0.3 is 5.11 Å². The van der Waals surface area contributed by atoms with E-state index in [4.69, 9.17) is 11.6 Å². The number of aryl methyl sites for hydroxylation is 1. The number of halogens is 1. The van der Waals surface area contributed by atoms with Gasteiger partial charge in [0.15, 0.2) is 0 Å². The third kappa shape index (κ3) is 2.15. The van der Waals surface area contributed by atoms with Gasteiger partial charge in [-0.3, -0.25) is 0 Å². The number of pyridine rings is 1. The zero-order chi connectivity index (χ0) is 13.4. The summed E-state index contributed by atoms with van der Waals surface area (Å²) in [5.41, 5.74) is 4.04. The number of rotatable bonds is 1. The van der Waals surface area contributed by atoms with Crippen LogP contribution >= 0.6 is 11.6 Å². The van der Waals surface area contributed by atoms with Crippen LogP contribution in [0.1, 0.15) is 5.56 Å². The Kier molecular flexibility index (Phi) is 2.88. The van der Waals surface area contributed by atoms with Crippen molar-refractivity contribution in [2.75, 3.05) is 0 Å². The summed E-state index contributed by atoms with van der Waals surface area (Å²) >= 11 is 6.09. The summed E-state index contributed by atoms with van der Waals surface area (Å²) in [5, 5.41) is 11.0. The third-order valence-corrected chi connectivity index (χ3v) is 3.39. The first-order valence-corrected chi connectivity index (χ1v) is 6.38. The Balaban J connectivity index is 2.38. The predicted molar refractivity (Wildman–Crippen MR) is 78.6 cm³/mol. The third-order valence-electron chi connectivity index (χ3n) is 3.20. The van der Waals surface area contributed by atoms with E-state index in [1.807, 2.05) is 24.3 Å². The Labute approximate surface area is 116 Å². The van der Waals surface area contributed by atoms with E-state index in [0.29, 0.717) is 10.7 Å². The lowest BCUT2D eigenvalue weighted by Crippen LogP contribution is -1.88. The summed E-state index contributed by atoms with van der Waals surface area (Å²) in [6, 6.07) is 15.2. The van der Waals surface area contributed by atoms with Crippen molar-refractivity contribution in [3.05, 3.63) is 59.2 Å². The van der Waals surface area contributed by atoms with Gasteiger partial charge in [0.2, 0.25) is 0 Å². The van der Waals surface area contributed by atoms with Crippen LogP contribution in [0.25, 0.3) is 22.0 Å². The molecule has 0 bridgehead atoms. The van der Waals surface area contributed by atoms with Gasteiger partial charge in [-0.25, -0.2) is 4.98 Å². The molecule has 0 unspecified atom stereocenters. The minimum atomic E-state index is 0.193. The lowest BCUT2D eigenvalue weighted by Gasteiger charge is -2.10. The van der Waals surface area contributed by atoms with Gasteiger partial charge in [0.05, 0.1) is 5.52 Å². The number of aromatic nitrogens is 1. The quantitative estimate of drug-likeness (QED) is 0.657. The van der Waals surface area contributed by atoms with Crippen molar-refractivity contribution in [3.63, 3.8) is 0 Å². The lowest BCUT2D eigenvalue weighted by atomic mass is 9.97. The van der Waals surface area contributed by atoms with Crippen LogP contribution in [0.5, 0.6) is 5.75 Å². The van der Waals surface area contributed by atoms with Crippen LogP contribution in [-0.2, 0) is 0 Å². The van der Waals surface area contributed by atoms with Crippen LogP contribution < -0.4 is 0 Å². The minimum Gasteiger partial charge on any atom is -0.508 e. The van der Waals surface area contributed by atoms with Gasteiger partial charge in [0, 0.05) is 11.5 Å². The Hall–Kier alpha value is -2.06. The number of fused-ring (bicyclic) bond motifs is 1. The van der Waals surface area contributed by atoms with Gasteiger partial charge >= 0.3 is 0 Å². The first kappa shape index (κ1) is 12.0. The average molecular weight is 270 g/mol. The first-order chi connectivity index (χ1) is 9.15. The molecule has 2 nitrogen and oxygen atoms in total. The van der Waals surface area contributed by atoms with E-state index in [-0.39, 0.29) is 5.75 Å². The molecule has 0 saturated carbocycles. The van der Waals surface area contributed by atoms with E-state index in [9.17, 15) is 5.11 Å². The monoisotopic (exact) mass is 269 g/mol. The van der Waals surface area contributed by atoms with E-state index in [1.54, 1.807) is 12.1 Å². The predicted octanol–water partition coefficient (Wildman–Crippen LogP) is 4.57. The van der Waals surface area contributed by atoms with Crippen molar-refractivity contribution < 1.29 is 5.11 Å². The molecule has 0 amide bonds. The van der Waals surface area contributed by atoms with E-state index >= 15 is 0 Å². The first-order valence-electron chi connectivity index (χ1n) is 6.00. The van der Waals surface area contributed by atoms with E-state index < -0.39 is 0 Å². The average Bonchev–Trinajstić information content (AvgIpc) is 2.38. The maximum absolute atomic E-state index is 9.55. The molecule has 0 aliphatic carbocycles. The molecule has 3 aromatic rings. The molecule has 0 aliphatic heterocycles. The number of nitrogens with zero attached hydrogens (tertiary/aromatic N) is 1. The van der Waals surface area contributed by atoms with Gasteiger partial charge in [-0.05, 0) is 41.8 Å². The van der Waals surface area contributed by atoms with Gasteiger partial charge in [0.25, 0.3) is 0 Å². The van der Waals surface area contributed by atoms with Crippen molar-refractivity contribution in [1.29, 1.82) is 0 Å². The summed E-state index contributed by atoms with van der Waals surface area (Å²) in [4.78, 5) is 4.26.